The predicted molar refractivity (Wildman–Crippen MR) is 110 cm³/mol. The summed E-state index contributed by atoms with van der Waals surface area (Å²) in [6, 6.07) is 7.59. The first-order valence-corrected chi connectivity index (χ1v) is 11.4. The second-order valence-corrected chi connectivity index (χ2v) is 8.99. The monoisotopic (exact) mass is 340 g/mol. The van der Waals surface area contributed by atoms with E-state index in [0.717, 1.165) is 17.8 Å². The number of aryl methyl sites for hydroxylation is 1. The SMILES string of the molecule is CCCCCCC1CCc2cc([C@H]3CC[C@H](CCC)CC3)ccc2C1. The summed E-state index contributed by atoms with van der Waals surface area (Å²) < 4.78 is 0. The van der Waals surface area contributed by atoms with Gasteiger partial charge in [-0.3, -0.25) is 0 Å². The molecule has 1 fully saturated rings. The molecule has 0 heteroatoms. The van der Waals surface area contributed by atoms with Crippen molar-refractivity contribution in [2.45, 2.75) is 110 Å². The Morgan fingerprint density at radius 2 is 1.60 bits per heavy atom. The van der Waals surface area contributed by atoms with E-state index in [2.05, 4.69) is 32.0 Å². The molecule has 1 saturated carbocycles. The largest absolute Gasteiger partial charge is 0.0654 e. The molecule has 1 atom stereocenters. The number of fused-ring (bicyclic) bond motifs is 1. The van der Waals surface area contributed by atoms with Crippen molar-refractivity contribution in [2.75, 3.05) is 0 Å². The molecular weight excluding hydrogens is 300 g/mol. The van der Waals surface area contributed by atoms with Crippen molar-refractivity contribution < 1.29 is 0 Å². The Bertz CT molecular complexity index is 507. The lowest BCUT2D eigenvalue weighted by Crippen LogP contribution is -2.16. The van der Waals surface area contributed by atoms with Crippen LogP contribution in [0.3, 0.4) is 0 Å². The highest BCUT2D eigenvalue weighted by atomic mass is 14.3. The Balaban J connectivity index is 1.52. The summed E-state index contributed by atoms with van der Waals surface area (Å²) in [5, 5.41) is 0. The molecule has 140 valence electrons. The minimum Gasteiger partial charge on any atom is -0.0654 e. The smallest absolute Gasteiger partial charge is 0.0162 e. The van der Waals surface area contributed by atoms with Gasteiger partial charge >= 0.3 is 0 Å². The first-order chi connectivity index (χ1) is 12.3. The summed E-state index contributed by atoms with van der Waals surface area (Å²) >= 11 is 0. The summed E-state index contributed by atoms with van der Waals surface area (Å²) in [6.45, 7) is 4.65. The second kappa shape index (κ2) is 9.79. The number of hydrogen-bond donors (Lipinski definition) is 0. The maximum atomic E-state index is 2.60. The number of benzene rings is 1. The molecule has 0 saturated heterocycles. The van der Waals surface area contributed by atoms with Crippen LogP contribution in [0.5, 0.6) is 0 Å². The van der Waals surface area contributed by atoms with Crippen molar-refractivity contribution in [1.82, 2.24) is 0 Å². The van der Waals surface area contributed by atoms with Crippen LogP contribution in [0.4, 0.5) is 0 Å². The highest BCUT2D eigenvalue weighted by Gasteiger charge is 2.24. The van der Waals surface area contributed by atoms with Gasteiger partial charge in [0.05, 0.1) is 0 Å². The average Bonchev–Trinajstić information content (AvgIpc) is 2.66. The van der Waals surface area contributed by atoms with Gasteiger partial charge in [-0.2, -0.15) is 0 Å². The van der Waals surface area contributed by atoms with Crippen molar-refractivity contribution in [3.63, 3.8) is 0 Å². The van der Waals surface area contributed by atoms with Crippen LogP contribution < -0.4 is 0 Å². The van der Waals surface area contributed by atoms with Gasteiger partial charge in [0.15, 0.2) is 0 Å². The third-order valence-electron chi connectivity index (χ3n) is 7.04. The lowest BCUT2D eigenvalue weighted by molar-refractivity contribution is 0.308. The molecule has 1 aromatic rings. The van der Waals surface area contributed by atoms with E-state index >= 15 is 0 Å². The maximum absolute atomic E-state index is 2.60. The predicted octanol–water partition coefficient (Wildman–Crippen LogP) is 7.84. The first-order valence-electron chi connectivity index (χ1n) is 11.4. The van der Waals surface area contributed by atoms with Crippen LogP contribution in [0, 0.1) is 11.8 Å². The van der Waals surface area contributed by atoms with Gasteiger partial charge in [-0.1, -0.05) is 77.0 Å². The summed E-state index contributed by atoms with van der Waals surface area (Å²) in [6.07, 6.45) is 19.9. The van der Waals surface area contributed by atoms with Gasteiger partial charge in [0.1, 0.15) is 0 Å². The lowest BCUT2D eigenvalue weighted by Gasteiger charge is -2.30. The molecule has 0 radical (unpaired) electrons. The summed E-state index contributed by atoms with van der Waals surface area (Å²) in [5.74, 6) is 2.83. The molecule has 0 aliphatic heterocycles. The van der Waals surface area contributed by atoms with Gasteiger partial charge in [0, 0.05) is 0 Å². The molecule has 0 amide bonds. The van der Waals surface area contributed by atoms with Crippen molar-refractivity contribution >= 4 is 0 Å². The Morgan fingerprint density at radius 1 is 0.760 bits per heavy atom. The Hall–Kier alpha value is -0.780. The molecule has 0 nitrogen and oxygen atoms in total. The van der Waals surface area contributed by atoms with E-state index in [1.54, 1.807) is 16.7 Å². The van der Waals surface area contributed by atoms with E-state index in [-0.39, 0.29) is 0 Å². The standard InChI is InChI=1S/C25H40/c1-3-5-6-7-9-21-12-15-25-19-24(17-16-23(25)18-21)22-13-10-20(8-4-2)11-14-22/h16-17,19-22H,3-15,18H2,1-2H3/t20-,21?,22-. The lowest BCUT2D eigenvalue weighted by atomic mass is 9.75. The third-order valence-corrected chi connectivity index (χ3v) is 7.04. The maximum Gasteiger partial charge on any atom is -0.0162 e. The van der Waals surface area contributed by atoms with E-state index in [1.807, 2.05) is 0 Å². The summed E-state index contributed by atoms with van der Waals surface area (Å²) in [7, 11) is 0. The van der Waals surface area contributed by atoms with Crippen LogP contribution in [0.2, 0.25) is 0 Å². The molecule has 2 aliphatic carbocycles. The normalized spacial score (nSPS) is 26.4. The van der Waals surface area contributed by atoms with Crippen LogP contribution in [0.15, 0.2) is 18.2 Å². The fourth-order valence-electron chi connectivity index (χ4n) is 5.40. The third kappa shape index (κ3) is 5.35. The number of rotatable bonds is 8. The molecule has 3 rings (SSSR count). The second-order valence-electron chi connectivity index (χ2n) is 8.99. The van der Waals surface area contributed by atoms with Crippen molar-refractivity contribution in [3.05, 3.63) is 34.9 Å². The molecule has 1 aromatic carbocycles. The van der Waals surface area contributed by atoms with Gasteiger partial charge in [-0.15, -0.1) is 0 Å². The van der Waals surface area contributed by atoms with E-state index < -0.39 is 0 Å². The molecule has 0 spiro atoms. The van der Waals surface area contributed by atoms with Gasteiger partial charge < -0.3 is 0 Å². The number of unbranched alkanes of at least 4 members (excludes halogenated alkanes) is 3. The van der Waals surface area contributed by atoms with Crippen molar-refractivity contribution in [3.8, 4) is 0 Å². The van der Waals surface area contributed by atoms with Gasteiger partial charge in [-0.25, -0.2) is 0 Å². The van der Waals surface area contributed by atoms with Crippen LogP contribution in [0.25, 0.3) is 0 Å². The molecular formula is C25H40. The zero-order valence-electron chi connectivity index (χ0n) is 16.9. The van der Waals surface area contributed by atoms with Crippen LogP contribution >= 0.6 is 0 Å². The zero-order valence-corrected chi connectivity index (χ0v) is 16.9. The molecule has 25 heavy (non-hydrogen) atoms. The van der Waals surface area contributed by atoms with Gasteiger partial charge in [-0.05, 0) is 79.4 Å². The summed E-state index contributed by atoms with van der Waals surface area (Å²) in [4.78, 5) is 0. The molecule has 0 N–H and O–H groups in total. The van der Waals surface area contributed by atoms with Gasteiger partial charge in [0.2, 0.25) is 0 Å². The zero-order chi connectivity index (χ0) is 17.5. The molecule has 1 unspecified atom stereocenters. The highest BCUT2D eigenvalue weighted by Crippen LogP contribution is 2.39. The molecule has 2 aliphatic rings. The highest BCUT2D eigenvalue weighted by molar-refractivity contribution is 5.36. The van der Waals surface area contributed by atoms with E-state index in [0.29, 0.717) is 0 Å². The fraction of sp³-hybridized carbons (Fsp3) is 0.760. The molecule has 0 aromatic heterocycles. The van der Waals surface area contributed by atoms with Crippen LogP contribution in [0.1, 0.15) is 114 Å². The van der Waals surface area contributed by atoms with Crippen molar-refractivity contribution in [2.24, 2.45) is 11.8 Å². The Labute approximate surface area is 156 Å². The number of hydrogen-bond acceptors (Lipinski definition) is 0. The molecule has 0 bridgehead atoms. The van der Waals surface area contributed by atoms with E-state index in [9.17, 15) is 0 Å². The summed E-state index contributed by atoms with van der Waals surface area (Å²) in [5.41, 5.74) is 5.03. The molecule has 0 heterocycles. The Kier molecular flexibility index (Phi) is 7.44. The minimum absolute atomic E-state index is 0.852. The van der Waals surface area contributed by atoms with Crippen LogP contribution in [-0.2, 0) is 12.8 Å². The van der Waals surface area contributed by atoms with Crippen molar-refractivity contribution in [1.29, 1.82) is 0 Å². The van der Waals surface area contributed by atoms with E-state index in [1.165, 1.54) is 89.9 Å². The average molecular weight is 341 g/mol. The first kappa shape index (κ1) is 19.0. The van der Waals surface area contributed by atoms with E-state index in [4.69, 9.17) is 0 Å². The van der Waals surface area contributed by atoms with Gasteiger partial charge in [0.25, 0.3) is 0 Å². The minimum atomic E-state index is 0.852. The topological polar surface area (TPSA) is 0 Å². The van der Waals surface area contributed by atoms with Crippen LogP contribution in [-0.4, -0.2) is 0 Å². The Morgan fingerprint density at radius 3 is 2.36 bits per heavy atom. The quantitative estimate of drug-likeness (QED) is 0.423. The fourth-order valence-corrected chi connectivity index (χ4v) is 5.40.